The molecule has 0 fully saturated rings. The summed E-state index contributed by atoms with van der Waals surface area (Å²) in [5.41, 5.74) is 1.15. The number of benzene rings is 3. The highest BCUT2D eigenvalue weighted by Crippen LogP contribution is 2.42. The summed E-state index contributed by atoms with van der Waals surface area (Å²) in [5.74, 6) is 3.22. The fourth-order valence-electron chi connectivity index (χ4n) is 3.91. The van der Waals surface area contributed by atoms with Crippen molar-refractivity contribution in [3.63, 3.8) is 0 Å². The van der Waals surface area contributed by atoms with Crippen molar-refractivity contribution in [2.24, 2.45) is 7.05 Å². The van der Waals surface area contributed by atoms with Gasteiger partial charge in [0.05, 0.1) is 27.5 Å². The number of ether oxygens (including phenoxy) is 4. The Morgan fingerprint density at radius 2 is 1.53 bits per heavy atom. The van der Waals surface area contributed by atoms with Crippen LogP contribution in [0.3, 0.4) is 0 Å². The number of pyridine rings is 1. The number of aromatic nitrogens is 1. The second-order valence-electron chi connectivity index (χ2n) is 6.61. The van der Waals surface area contributed by atoms with Gasteiger partial charge in [0.25, 0.3) is 0 Å². The Labute approximate surface area is 172 Å². The molecule has 2 N–H and O–H groups in total. The summed E-state index contributed by atoms with van der Waals surface area (Å²) < 4.78 is 48.5. The van der Waals surface area contributed by atoms with Crippen LogP contribution in [-0.4, -0.2) is 32.4 Å². The van der Waals surface area contributed by atoms with E-state index in [2.05, 4.69) is 42.1 Å². The molecule has 1 unspecified atom stereocenters. The van der Waals surface area contributed by atoms with Crippen molar-refractivity contribution in [2.45, 2.75) is 0 Å². The molecular weight excluding hydrogens is 414 g/mol. The smallest absolute Gasteiger partial charge is 0.231 e. The predicted molar refractivity (Wildman–Crippen MR) is 106 cm³/mol. The SMILES string of the molecule is C[n+]1cc2c3c(ccc2c2ccc4cc5c(cc4c21)OCO5)OCO3.O=S([O-])O.[OH-]. The van der Waals surface area contributed by atoms with Gasteiger partial charge in [-0.15, -0.1) is 0 Å². The highest BCUT2D eigenvalue weighted by atomic mass is 32.2. The van der Waals surface area contributed by atoms with E-state index in [9.17, 15) is 0 Å². The van der Waals surface area contributed by atoms with Crippen LogP contribution in [0.2, 0.25) is 0 Å². The lowest BCUT2D eigenvalue weighted by Crippen LogP contribution is -2.28. The highest BCUT2D eigenvalue weighted by Gasteiger charge is 2.24. The molecule has 0 spiro atoms. The second-order valence-corrected chi connectivity index (χ2v) is 7.04. The molecule has 6 rings (SSSR count). The number of fused-ring (bicyclic) bond motifs is 8. The molecule has 0 saturated heterocycles. The van der Waals surface area contributed by atoms with Crippen LogP contribution in [0.4, 0.5) is 0 Å². The predicted octanol–water partition coefficient (Wildman–Crippen LogP) is 2.59. The summed E-state index contributed by atoms with van der Waals surface area (Å²) in [6.07, 6.45) is 2.11. The van der Waals surface area contributed by atoms with Gasteiger partial charge in [-0.25, -0.2) is 4.21 Å². The quantitative estimate of drug-likeness (QED) is 0.256. The minimum Gasteiger partial charge on any atom is -0.870 e. The average Bonchev–Trinajstić information content (AvgIpc) is 3.34. The first-order chi connectivity index (χ1) is 14.0. The maximum atomic E-state index is 8.56. The van der Waals surface area contributed by atoms with E-state index in [0.717, 1.165) is 50.1 Å². The molecule has 0 saturated carbocycles. The summed E-state index contributed by atoms with van der Waals surface area (Å²) in [6.45, 7) is 0.555. The molecule has 2 aliphatic rings. The van der Waals surface area contributed by atoms with E-state index >= 15 is 0 Å². The second kappa shape index (κ2) is 7.58. The van der Waals surface area contributed by atoms with E-state index in [0.29, 0.717) is 0 Å². The van der Waals surface area contributed by atoms with E-state index in [4.69, 9.17) is 32.3 Å². The normalized spacial score (nSPS) is 14.4. The van der Waals surface area contributed by atoms with Crippen molar-refractivity contribution in [1.82, 2.24) is 0 Å². The zero-order valence-electron chi connectivity index (χ0n) is 15.7. The fraction of sp³-hybridized carbons (Fsp3) is 0.150. The van der Waals surface area contributed by atoms with Crippen LogP contribution in [0, 0.1) is 0 Å². The lowest BCUT2D eigenvalue weighted by atomic mass is 10.00. The molecule has 0 aliphatic carbocycles. The zero-order chi connectivity index (χ0) is 20.1. The van der Waals surface area contributed by atoms with Crippen LogP contribution < -0.4 is 23.5 Å². The molecule has 30 heavy (non-hydrogen) atoms. The maximum absolute atomic E-state index is 8.56. The van der Waals surface area contributed by atoms with Crippen LogP contribution in [0.5, 0.6) is 23.0 Å². The molecule has 0 bridgehead atoms. The van der Waals surface area contributed by atoms with Crippen molar-refractivity contribution in [2.75, 3.05) is 13.6 Å². The molecule has 2 aliphatic heterocycles. The van der Waals surface area contributed by atoms with E-state index in [-0.39, 0.29) is 19.1 Å². The molecule has 10 heteroatoms. The standard InChI is InChI=1S/C20H14NO4.H2O3S.H2O/c1-21-8-15-12(4-5-16-20(15)25-10-22-16)13-3-2-11-6-17-18(24-9-23-17)7-14(11)19(13)21;1-4(2)3;/h2-8H,9-10H2,1H3;(H2,1,2,3);1H2/q+1;;/p-2. The van der Waals surface area contributed by atoms with Crippen molar-refractivity contribution in [3.05, 3.63) is 42.6 Å². The average molecular weight is 430 g/mol. The minimum atomic E-state index is -2.86. The molecule has 3 heterocycles. The van der Waals surface area contributed by atoms with Gasteiger partial charge in [-0.05, 0) is 35.7 Å². The van der Waals surface area contributed by atoms with E-state index in [1.54, 1.807) is 0 Å². The van der Waals surface area contributed by atoms with Crippen LogP contribution in [0.25, 0.3) is 32.4 Å². The number of nitrogens with zero attached hydrogens (tertiary/aromatic N) is 1. The first-order valence-electron chi connectivity index (χ1n) is 8.68. The molecule has 3 aromatic carbocycles. The van der Waals surface area contributed by atoms with Crippen molar-refractivity contribution in [1.29, 1.82) is 0 Å². The minimum absolute atomic E-state index is 0. The molecular formula is C20H16NO8S-. The number of aryl methyl sites for hydroxylation is 1. The Morgan fingerprint density at radius 1 is 0.900 bits per heavy atom. The number of hydrogen-bond acceptors (Lipinski definition) is 7. The number of hydrogen-bond donors (Lipinski definition) is 1. The Morgan fingerprint density at radius 3 is 2.30 bits per heavy atom. The van der Waals surface area contributed by atoms with Gasteiger partial charge in [-0.3, -0.25) is 0 Å². The van der Waals surface area contributed by atoms with Gasteiger partial charge >= 0.3 is 0 Å². The Kier molecular flexibility index (Phi) is 5.08. The summed E-state index contributed by atoms with van der Waals surface area (Å²) in [4.78, 5) is 0. The Hall–Kier alpha value is -3.18. The zero-order valence-corrected chi connectivity index (χ0v) is 16.5. The van der Waals surface area contributed by atoms with Crippen molar-refractivity contribution < 1.29 is 42.3 Å². The Balaban J connectivity index is 0.000000404. The van der Waals surface area contributed by atoms with Crippen molar-refractivity contribution in [3.8, 4) is 23.0 Å². The first-order valence-corrected chi connectivity index (χ1v) is 9.71. The molecule has 1 atom stereocenters. The fourth-order valence-corrected chi connectivity index (χ4v) is 3.91. The van der Waals surface area contributed by atoms with Gasteiger partial charge in [-0.1, -0.05) is 6.07 Å². The van der Waals surface area contributed by atoms with Gasteiger partial charge < -0.3 is 33.5 Å². The first kappa shape index (κ1) is 20.1. The molecule has 0 amide bonds. The van der Waals surface area contributed by atoms with E-state index < -0.39 is 11.4 Å². The summed E-state index contributed by atoms with van der Waals surface area (Å²) in [7, 11) is 2.06. The van der Waals surface area contributed by atoms with Crippen LogP contribution in [-0.2, 0) is 18.4 Å². The van der Waals surface area contributed by atoms with Gasteiger partial charge in [0.1, 0.15) is 7.05 Å². The third-order valence-corrected chi connectivity index (χ3v) is 5.03. The summed E-state index contributed by atoms with van der Waals surface area (Å²) in [6, 6.07) is 12.5. The summed E-state index contributed by atoms with van der Waals surface area (Å²) in [5, 5.41) is 5.66. The molecule has 4 aromatic rings. The third-order valence-electron chi connectivity index (χ3n) is 5.03. The molecule has 1 aromatic heterocycles. The maximum Gasteiger partial charge on any atom is 0.231 e. The van der Waals surface area contributed by atoms with Gasteiger partial charge in [0.2, 0.25) is 19.1 Å². The Bertz CT molecular complexity index is 1320. The van der Waals surface area contributed by atoms with Crippen LogP contribution in [0.15, 0.2) is 42.6 Å². The third kappa shape index (κ3) is 3.15. The van der Waals surface area contributed by atoms with E-state index in [1.807, 2.05) is 12.1 Å². The van der Waals surface area contributed by atoms with Crippen LogP contribution in [0.1, 0.15) is 0 Å². The largest absolute Gasteiger partial charge is 0.870 e. The topological polar surface area (TPSA) is 131 Å². The monoisotopic (exact) mass is 430 g/mol. The van der Waals surface area contributed by atoms with E-state index in [1.165, 1.54) is 5.39 Å². The highest BCUT2D eigenvalue weighted by molar-refractivity contribution is 7.73. The lowest BCUT2D eigenvalue weighted by molar-refractivity contribution is -0.642. The van der Waals surface area contributed by atoms with Gasteiger partial charge in [-0.2, -0.15) is 4.57 Å². The lowest BCUT2D eigenvalue weighted by Gasteiger charge is -2.08. The van der Waals surface area contributed by atoms with Gasteiger partial charge in [0, 0.05) is 5.39 Å². The molecule has 156 valence electrons. The van der Waals surface area contributed by atoms with Crippen LogP contribution >= 0.6 is 0 Å². The number of rotatable bonds is 0. The summed E-state index contributed by atoms with van der Waals surface area (Å²) >= 11 is -2.86. The van der Waals surface area contributed by atoms with Crippen molar-refractivity contribution >= 4 is 43.8 Å². The molecule has 9 nitrogen and oxygen atoms in total. The molecule has 0 radical (unpaired) electrons. The van der Waals surface area contributed by atoms with Gasteiger partial charge in [0.15, 0.2) is 29.2 Å².